The Morgan fingerprint density at radius 2 is 1.52 bits per heavy atom. The quantitative estimate of drug-likeness (QED) is 0.292. The molecule has 0 saturated heterocycles. The monoisotopic (exact) mass is 346 g/mol. The number of hydrogen-bond acceptors (Lipinski definition) is 2. The van der Waals surface area contributed by atoms with Crippen LogP contribution in [0.25, 0.3) is 0 Å². The smallest absolute Gasteiger partial charge is 0.284 e. The lowest BCUT2D eigenvalue weighted by Crippen LogP contribution is -2.20. The standard InChI is InChI=1S/C19H38O3S/c1-2-3-4-5-6-7-8-9-13-16-19(22-23(20)21)17-18-14-11-10-12-15-18/h18-19H,2-17H2,1H3,(H,20,21). The number of unbranched alkanes of at least 4 members (excludes halogenated alkanes) is 8. The Bertz CT molecular complexity index is 290. The average molecular weight is 347 g/mol. The Morgan fingerprint density at radius 1 is 0.957 bits per heavy atom. The average Bonchev–Trinajstić information content (AvgIpc) is 2.53. The van der Waals surface area contributed by atoms with Crippen molar-refractivity contribution in [1.82, 2.24) is 0 Å². The maximum atomic E-state index is 11.0. The fourth-order valence-electron chi connectivity index (χ4n) is 3.80. The van der Waals surface area contributed by atoms with Crippen molar-refractivity contribution in [2.24, 2.45) is 5.92 Å². The second-order valence-electron chi connectivity index (χ2n) is 7.29. The summed E-state index contributed by atoms with van der Waals surface area (Å²) in [5, 5.41) is 0. The summed E-state index contributed by atoms with van der Waals surface area (Å²) in [4.78, 5) is 0. The summed E-state index contributed by atoms with van der Waals surface area (Å²) in [5.41, 5.74) is 0. The van der Waals surface area contributed by atoms with Crippen LogP contribution in [-0.2, 0) is 15.5 Å². The number of rotatable bonds is 14. The van der Waals surface area contributed by atoms with Gasteiger partial charge in [0.2, 0.25) is 0 Å². The zero-order valence-corrected chi connectivity index (χ0v) is 16.0. The van der Waals surface area contributed by atoms with Gasteiger partial charge in [0.1, 0.15) is 0 Å². The van der Waals surface area contributed by atoms with Crippen molar-refractivity contribution in [3.63, 3.8) is 0 Å². The van der Waals surface area contributed by atoms with Gasteiger partial charge < -0.3 is 0 Å². The molecule has 0 bridgehead atoms. The van der Waals surface area contributed by atoms with Gasteiger partial charge in [-0.25, -0.2) is 0 Å². The Kier molecular flexibility index (Phi) is 13.2. The summed E-state index contributed by atoms with van der Waals surface area (Å²) in [6.45, 7) is 2.26. The van der Waals surface area contributed by atoms with Crippen LogP contribution in [0.3, 0.4) is 0 Å². The Morgan fingerprint density at radius 3 is 2.09 bits per heavy atom. The predicted molar refractivity (Wildman–Crippen MR) is 98.7 cm³/mol. The Balaban J connectivity index is 2.07. The van der Waals surface area contributed by atoms with Gasteiger partial charge >= 0.3 is 11.4 Å². The van der Waals surface area contributed by atoms with Crippen LogP contribution in [0.15, 0.2) is 0 Å². The van der Waals surface area contributed by atoms with E-state index in [1.165, 1.54) is 83.5 Å². The van der Waals surface area contributed by atoms with E-state index in [0.717, 1.165) is 19.3 Å². The van der Waals surface area contributed by atoms with E-state index in [1.54, 1.807) is 0 Å². The molecular formula is C19H38O3S. The summed E-state index contributed by atoms with van der Waals surface area (Å²) in [6, 6.07) is 0. The Hall–Kier alpha value is 0.0700. The molecule has 1 N–H and O–H groups in total. The summed E-state index contributed by atoms with van der Waals surface area (Å²) in [7, 11) is 0. The van der Waals surface area contributed by atoms with Crippen molar-refractivity contribution in [3.05, 3.63) is 0 Å². The summed E-state index contributed by atoms with van der Waals surface area (Å²) in [5.74, 6) is 0.705. The van der Waals surface area contributed by atoms with Gasteiger partial charge in [-0.05, 0) is 18.8 Å². The first kappa shape index (κ1) is 21.1. The molecule has 138 valence electrons. The molecule has 4 heteroatoms. The normalized spacial score (nSPS) is 18.9. The van der Waals surface area contributed by atoms with E-state index in [9.17, 15) is 4.21 Å². The highest BCUT2D eigenvalue weighted by molar-refractivity contribution is 7.74. The van der Waals surface area contributed by atoms with E-state index in [-0.39, 0.29) is 6.10 Å². The maximum absolute atomic E-state index is 11.0. The second-order valence-corrected chi connectivity index (χ2v) is 7.92. The van der Waals surface area contributed by atoms with Crippen LogP contribution in [0, 0.1) is 5.92 Å². The number of hydrogen-bond donors (Lipinski definition) is 1. The topological polar surface area (TPSA) is 46.5 Å². The van der Waals surface area contributed by atoms with Gasteiger partial charge in [-0.3, -0.25) is 8.74 Å². The first-order chi connectivity index (χ1) is 11.2. The second kappa shape index (κ2) is 14.4. The van der Waals surface area contributed by atoms with Crippen molar-refractivity contribution < 1.29 is 12.9 Å². The molecule has 0 amide bonds. The predicted octanol–water partition coefficient (Wildman–Crippen LogP) is 6.40. The Labute approximate surface area is 146 Å². The van der Waals surface area contributed by atoms with Crippen molar-refractivity contribution in [2.75, 3.05) is 0 Å². The van der Waals surface area contributed by atoms with Gasteiger partial charge in [0.05, 0.1) is 6.10 Å². The third-order valence-electron chi connectivity index (χ3n) is 5.17. The van der Waals surface area contributed by atoms with Crippen LogP contribution in [0.2, 0.25) is 0 Å². The van der Waals surface area contributed by atoms with Crippen LogP contribution < -0.4 is 0 Å². The SMILES string of the molecule is CCCCCCCCCCCC(CC1CCCCC1)OS(=O)O. The van der Waals surface area contributed by atoms with E-state index in [1.807, 2.05) is 0 Å². The van der Waals surface area contributed by atoms with E-state index < -0.39 is 11.4 Å². The first-order valence-corrected chi connectivity index (χ1v) is 11.0. The van der Waals surface area contributed by atoms with E-state index in [4.69, 9.17) is 8.74 Å². The van der Waals surface area contributed by atoms with Gasteiger partial charge in [-0.2, -0.15) is 4.21 Å². The summed E-state index contributed by atoms with van der Waals surface area (Å²) < 4.78 is 25.3. The van der Waals surface area contributed by atoms with Gasteiger partial charge in [0.25, 0.3) is 0 Å². The largest absolute Gasteiger partial charge is 0.302 e. The van der Waals surface area contributed by atoms with Crippen LogP contribution in [0.5, 0.6) is 0 Å². The molecule has 1 fully saturated rings. The van der Waals surface area contributed by atoms with Crippen LogP contribution in [0.1, 0.15) is 110 Å². The summed E-state index contributed by atoms with van der Waals surface area (Å²) in [6.07, 6.45) is 20.2. The lowest BCUT2D eigenvalue weighted by atomic mass is 9.84. The molecular weight excluding hydrogens is 308 g/mol. The minimum atomic E-state index is -2.11. The third kappa shape index (κ3) is 12.1. The van der Waals surface area contributed by atoms with Gasteiger partial charge in [0.15, 0.2) is 0 Å². The van der Waals surface area contributed by atoms with Gasteiger partial charge in [-0.15, -0.1) is 0 Å². The third-order valence-corrected chi connectivity index (χ3v) is 5.61. The van der Waals surface area contributed by atoms with E-state index >= 15 is 0 Å². The maximum Gasteiger partial charge on any atom is 0.302 e. The van der Waals surface area contributed by atoms with Gasteiger partial charge in [0, 0.05) is 0 Å². The minimum Gasteiger partial charge on any atom is -0.284 e. The van der Waals surface area contributed by atoms with E-state index in [0.29, 0.717) is 5.92 Å². The first-order valence-electron chi connectivity index (χ1n) is 10.00. The van der Waals surface area contributed by atoms with Crippen molar-refractivity contribution in [3.8, 4) is 0 Å². The fourth-order valence-corrected chi connectivity index (χ4v) is 4.21. The highest BCUT2D eigenvalue weighted by Gasteiger charge is 2.20. The molecule has 0 aliphatic heterocycles. The highest BCUT2D eigenvalue weighted by atomic mass is 32.2. The van der Waals surface area contributed by atoms with Crippen LogP contribution >= 0.6 is 0 Å². The molecule has 1 aliphatic carbocycles. The molecule has 1 rings (SSSR count). The van der Waals surface area contributed by atoms with Crippen LogP contribution in [-0.4, -0.2) is 14.9 Å². The molecule has 2 atom stereocenters. The van der Waals surface area contributed by atoms with E-state index in [2.05, 4.69) is 6.92 Å². The van der Waals surface area contributed by atoms with Gasteiger partial charge in [-0.1, -0.05) is 96.8 Å². The van der Waals surface area contributed by atoms with Crippen molar-refractivity contribution >= 4 is 11.4 Å². The molecule has 0 aromatic rings. The zero-order valence-electron chi connectivity index (χ0n) is 15.1. The molecule has 1 saturated carbocycles. The molecule has 0 radical (unpaired) electrons. The summed E-state index contributed by atoms with van der Waals surface area (Å²) >= 11 is -2.11. The lowest BCUT2D eigenvalue weighted by molar-refractivity contribution is 0.144. The molecule has 0 spiro atoms. The molecule has 1 aliphatic rings. The van der Waals surface area contributed by atoms with Crippen molar-refractivity contribution in [1.29, 1.82) is 0 Å². The molecule has 0 aromatic heterocycles. The lowest BCUT2D eigenvalue weighted by Gasteiger charge is -2.25. The van der Waals surface area contributed by atoms with Crippen LogP contribution in [0.4, 0.5) is 0 Å². The highest BCUT2D eigenvalue weighted by Crippen LogP contribution is 2.29. The minimum absolute atomic E-state index is 0.0199. The molecule has 3 nitrogen and oxygen atoms in total. The molecule has 23 heavy (non-hydrogen) atoms. The fraction of sp³-hybridized carbons (Fsp3) is 1.00. The molecule has 2 unspecified atom stereocenters. The van der Waals surface area contributed by atoms with Crippen molar-refractivity contribution in [2.45, 2.75) is 116 Å². The molecule has 0 heterocycles. The zero-order chi connectivity index (χ0) is 16.8. The molecule has 0 aromatic carbocycles.